The summed E-state index contributed by atoms with van der Waals surface area (Å²) in [4.78, 5) is 27.1. The van der Waals surface area contributed by atoms with E-state index in [1.54, 1.807) is 30.3 Å². The van der Waals surface area contributed by atoms with Crippen LogP contribution in [0.25, 0.3) is 11.0 Å². The summed E-state index contributed by atoms with van der Waals surface area (Å²) in [6.07, 6.45) is 3.14. The molecule has 0 bridgehead atoms. The maximum Gasteiger partial charge on any atom is 0.256 e. The molecule has 152 valence electrons. The van der Waals surface area contributed by atoms with Gasteiger partial charge in [0.1, 0.15) is 17.6 Å². The van der Waals surface area contributed by atoms with Crippen molar-refractivity contribution in [1.29, 1.82) is 0 Å². The molecule has 0 aliphatic rings. The van der Waals surface area contributed by atoms with Crippen LogP contribution in [0.4, 0.5) is 0 Å². The van der Waals surface area contributed by atoms with Gasteiger partial charge < -0.3 is 19.7 Å². The number of nitrogens with one attached hydrogen (secondary N) is 1. The molecule has 0 spiro atoms. The normalized spacial score (nSPS) is 11.9. The number of carbonyl (C=O) groups excluding carboxylic acids is 1. The number of ether oxygens (including phenoxy) is 1. The number of aliphatic hydroxyl groups excluding tert-OH is 1. The van der Waals surface area contributed by atoms with Gasteiger partial charge in [-0.15, -0.1) is 0 Å². The average Bonchev–Trinajstić information content (AvgIpc) is 3.23. The van der Waals surface area contributed by atoms with Gasteiger partial charge >= 0.3 is 0 Å². The van der Waals surface area contributed by atoms with E-state index in [0.29, 0.717) is 11.4 Å². The minimum atomic E-state index is -0.525. The summed E-state index contributed by atoms with van der Waals surface area (Å²) in [7, 11) is 1.61. The van der Waals surface area contributed by atoms with Gasteiger partial charge in [-0.2, -0.15) is 0 Å². The van der Waals surface area contributed by atoms with Crippen molar-refractivity contribution in [3.8, 4) is 5.75 Å². The highest BCUT2D eigenvalue weighted by Gasteiger charge is 2.30. The predicted octanol–water partition coefficient (Wildman–Crippen LogP) is 3.19. The molecule has 0 aliphatic heterocycles. The monoisotopic (exact) mass is 402 g/mol. The number of rotatable bonds is 7. The number of aromatic amines is 1. The van der Waals surface area contributed by atoms with E-state index in [2.05, 4.69) is 9.97 Å². The molecule has 1 atom stereocenters. The zero-order chi connectivity index (χ0) is 20.9. The third-order valence-corrected chi connectivity index (χ3v) is 4.92. The number of carbonyl (C=O) groups is 1. The SMILES string of the molecule is COc1ccc(C(c2nc3ccccc3[nH]2)N(CCO)C(=O)c2cccnc2)cc1. The molecule has 7 nitrogen and oxygen atoms in total. The van der Waals surface area contributed by atoms with E-state index in [9.17, 15) is 9.90 Å². The minimum Gasteiger partial charge on any atom is -0.497 e. The fourth-order valence-electron chi connectivity index (χ4n) is 3.48. The standard InChI is InChI=1S/C23H22N4O3/c1-30-18-10-8-16(9-11-18)21(22-25-19-6-2-3-7-20(19)26-22)27(13-14-28)23(29)17-5-4-12-24-15-17/h2-12,15,21,28H,13-14H2,1H3,(H,25,26). The van der Waals surface area contributed by atoms with E-state index >= 15 is 0 Å². The first-order valence-corrected chi connectivity index (χ1v) is 9.61. The summed E-state index contributed by atoms with van der Waals surface area (Å²) >= 11 is 0. The van der Waals surface area contributed by atoms with Crippen molar-refractivity contribution in [3.05, 3.63) is 90.0 Å². The Kier molecular flexibility index (Phi) is 5.72. The number of benzene rings is 2. The number of aliphatic hydroxyl groups is 1. The molecule has 1 amide bonds. The van der Waals surface area contributed by atoms with Gasteiger partial charge in [-0.25, -0.2) is 4.98 Å². The number of hydrogen-bond acceptors (Lipinski definition) is 5. The molecule has 1 unspecified atom stereocenters. The van der Waals surface area contributed by atoms with Crippen LogP contribution in [0.15, 0.2) is 73.1 Å². The first-order chi connectivity index (χ1) is 14.7. The average molecular weight is 402 g/mol. The lowest BCUT2D eigenvalue weighted by Crippen LogP contribution is -2.38. The zero-order valence-corrected chi connectivity index (χ0v) is 16.5. The van der Waals surface area contributed by atoms with Gasteiger partial charge in [0.2, 0.25) is 0 Å². The fraction of sp³-hybridized carbons (Fsp3) is 0.174. The number of amides is 1. The molecule has 4 aromatic rings. The van der Waals surface area contributed by atoms with E-state index in [-0.39, 0.29) is 19.1 Å². The van der Waals surface area contributed by atoms with Gasteiger partial charge in [0.15, 0.2) is 0 Å². The first kappa shape index (κ1) is 19.6. The Labute approximate surface area is 174 Å². The van der Waals surface area contributed by atoms with Crippen LogP contribution in [-0.2, 0) is 0 Å². The van der Waals surface area contributed by atoms with Crippen molar-refractivity contribution in [2.24, 2.45) is 0 Å². The third-order valence-electron chi connectivity index (χ3n) is 4.92. The molecule has 30 heavy (non-hydrogen) atoms. The Bertz CT molecular complexity index is 1090. The van der Waals surface area contributed by atoms with Gasteiger partial charge in [0, 0.05) is 18.9 Å². The summed E-state index contributed by atoms with van der Waals surface area (Å²) in [6.45, 7) is -0.0413. The lowest BCUT2D eigenvalue weighted by molar-refractivity contribution is 0.0659. The van der Waals surface area contributed by atoms with Crippen LogP contribution in [0.3, 0.4) is 0 Å². The summed E-state index contributed by atoms with van der Waals surface area (Å²) in [5.41, 5.74) is 2.98. The molecule has 2 aromatic carbocycles. The molecule has 0 radical (unpaired) electrons. The number of methoxy groups -OCH3 is 1. The van der Waals surface area contributed by atoms with Gasteiger partial charge in [0.25, 0.3) is 5.91 Å². The van der Waals surface area contributed by atoms with E-state index in [1.807, 2.05) is 48.5 Å². The zero-order valence-electron chi connectivity index (χ0n) is 16.5. The number of para-hydroxylation sites is 2. The second-order valence-corrected chi connectivity index (χ2v) is 6.78. The van der Waals surface area contributed by atoms with Crippen molar-refractivity contribution in [1.82, 2.24) is 19.9 Å². The molecule has 0 saturated heterocycles. The van der Waals surface area contributed by atoms with Crippen LogP contribution in [0.5, 0.6) is 5.75 Å². The van der Waals surface area contributed by atoms with Crippen LogP contribution < -0.4 is 4.74 Å². The number of fused-ring (bicyclic) bond motifs is 1. The fourth-order valence-corrected chi connectivity index (χ4v) is 3.48. The Balaban J connectivity index is 1.84. The lowest BCUT2D eigenvalue weighted by Gasteiger charge is -2.30. The minimum absolute atomic E-state index is 0.140. The molecule has 2 heterocycles. The topological polar surface area (TPSA) is 91.3 Å². The maximum absolute atomic E-state index is 13.4. The van der Waals surface area contributed by atoms with Crippen molar-refractivity contribution in [2.45, 2.75) is 6.04 Å². The number of nitrogens with zero attached hydrogens (tertiary/aromatic N) is 3. The number of hydrogen-bond donors (Lipinski definition) is 2. The smallest absolute Gasteiger partial charge is 0.256 e. The highest BCUT2D eigenvalue weighted by atomic mass is 16.5. The number of H-pyrrole nitrogens is 1. The second-order valence-electron chi connectivity index (χ2n) is 6.78. The molecule has 7 heteroatoms. The highest BCUT2D eigenvalue weighted by molar-refractivity contribution is 5.94. The lowest BCUT2D eigenvalue weighted by atomic mass is 10.0. The van der Waals surface area contributed by atoms with Gasteiger partial charge in [-0.1, -0.05) is 24.3 Å². The molecule has 0 fully saturated rings. The molecular weight excluding hydrogens is 380 g/mol. The van der Waals surface area contributed by atoms with Crippen molar-refractivity contribution in [2.75, 3.05) is 20.3 Å². The van der Waals surface area contributed by atoms with Crippen LogP contribution in [0.2, 0.25) is 0 Å². The van der Waals surface area contributed by atoms with Crippen LogP contribution in [0.1, 0.15) is 27.8 Å². The van der Waals surface area contributed by atoms with Crippen molar-refractivity contribution in [3.63, 3.8) is 0 Å². The number of pyridine rings is 1. The number of imidazole rings is 1. The predicted molar refractivity (Wildman–Crippen MR) is 113 cm³/mol. The summed E-state index contributed by atoms with van der Waals surface area (Å²) in [6, 6.07) is 18.1. The van der Waals surface area contributed by atoms with E-state index in [0.717, 1.165) is 22.3 Å². The summed E-state index contributed by atoms with van der Waals surface area (Å²) < 4.78 is 5.28. The van der Waals surface area contributed by atoms with Crippen LogP contribution >= 0.6 is 0 Å². The van der Waals surface area contributed by atoms with Gasteiger partial charge in [0.05, 0.1) is 30.3 Å². The molecule has 4 rings (SSSR count). The summed E-state index contributed by atoms with van der Waals surface area (Å²) in [5.74, 6) is 1.10. The highest BCUT2D eigenvalue weighted by Crippen LogP contribution is 2.30. The largest absolute Gasteiger partial charge is 0.497 e. The molecule has 2 aromatic heterocycles. The Morgan fingerprint density at radius 1 is 1.13 bits per heavy atom. The van der Waals surface area contributed by atoms with E-state index in [1.165, 1.54) is 6.20 Å². The van der Waals surface area contributed by atoms with Crippen LogP contribution in [-0.4, -0.2) is 51.1 Å². The van der Waals surface area contributed by atoms with Gasteiger partial charge in [-0.05, 0) is 42.0 Å². The Hall–Kier alpha value is -3.71. The first-order valence-electron chi connectivity index (χ1n) is 9.61. The van der Waals surface area contributed by atoms with E-state index in [4.69, 9.17) is 9.72 Å². The van der Waals surface area contributed by atoms with Crippen molar-refractivity contribution < 1.29 is 14.6 Å². The maximum atomic E-state index is 13.4. The summed E-state index contributed by atoms with van der Waals surface area (Å²) in [5, 5.41) is 9.74. The molecule has 2 N–H and O–H groups in total. The van der Waals surface area contributed by atoms with Crippen LogP contribution in [0, 0.1) is 0 Å². The Morgan fingerprint density at radius 2 is 1.93 bits per heavy atom. The Morgan fingerprint density at radius 3 is 2.60 bits per heavy atom. The molecular formula is C23H22N4O3. The van der Waals surface area contributed by atoms with Gasteiger partial charge in [-0.3, -0.25) is 9.78 Å². The third kappa shape index (κ3) is 3.88. The second kappa shape index (κ2) is 8.75. The quantitative estimate of drug-likeness (QED) is 0.495. The molecule has 0 saturated carbocycles. The van der Waals surface area contributed by atoms with Crippen molar-refractivity contribution >= 4 is 16.9 Å². The number of aromatic nitrogens is 3. The van der Waals surface area contributed by atoms with E-state index < -0.39 is 6.04 Å². The molecule has 0 aliphatic carbocycles.